The number of amides is 1. The molecule has 35 heavy (non-hydrogen) atoms. The van der Waals surface area contributed by atoms with Gasteiger partial charge in [-0.25, -0.2) is 0 Å². The molecule has 1 aromatic heterocycles. The Balaban J connectivity index is 1.62. The van der Waals surface area contributed by atoms with Crippen LogP contribution in [-0.4, -0.2) is 28.9 Å². The molecular formula is C29H23N3OS2. The first-order valence-electron chi connectivity index (χ1n) is 11.3. The van der Waals surface area contributed by atoms with Crippen molar-refractivity contribution >= 4 is 35.1 Å². The summed E-state index contributed by atoms with van der Waals surface area (Å²) in [4.78, 5) is 20.2. The van der Waals surface area contributed by atoms with E-state index in [-0.39, 0.29) is 11.8 Å². The fourth-order valence-corrected chi connectivity index (χ4v) is 6.16. The average Bonchev–Trinajstić information content (AvgIpc) is 3.41. The predicted octanol–water partition coefficient (Wildman–Crippen LogP) is 6.43. The predicted molar refractivity (Wildman–Crippen MR) is 143 cm³/mol. The first-order chi connectivity index (χ1) is 17.2. The number of likely N-dealkylation sites (tertiary alicyclic amines) is 1. The van der Waals surface area contributed by atoms with Crippen LogP contribution in [0.5, 0.6) is 0 Å². The Morgan fingerprint density at radius 1 is 1.00 bits per heavy atom. The number of carbonyl (C=O) groups is 1. The third kappa shape index (κ3) is 4.66. The maximum atomic E-state index is 13.2. The van der Waals surface area contributed by atoms with Gasteiger partial charge in [-0.15, -0.1) is 23.1 Å². The molecule has 0 N–H and O–H groups in total. The van der Waals surface area contributed by atoms with Crippen LogP contribution in [0, 0.1) is 17.2 Å². The fourth-order valence-electron chi connectivity index (χ4n) is 4.34. The van der Waals surface area contributed by atoms with Gasteiger partial charge in [-0.1, -0.05) is 72.8 Å². The largest absolute Gasteiger partial charge is 0.336 e. The molecule has 172 valence electrons. The number of aromatic nitrogens is 1. The second-order valence-electron chi connectivity index (χ2n) is 8.35. The van der Waals surface area contributed by atoms with Crippen LogP contribution in [0.3, 0.4) is 0 Å². The monoisotopic (exact) mass is 493 g/mol. The lowest BCUT2D eigenvalue weighted by Crippen LogP contribution is -2.49. The van der Waals surface area contributed by atoms with Crippen LogP contribution in [0.2, 0.25) is 0 Å². The maximum Gasteiger partial charge on any atom is 0.253 e. The molecule has 4 aromatic rings. The Bertz CT molecular complexity index is 1320. The molecule has 0 spiro atoms. The summed E-state index contributed by atoms with van der Waals surface area (Å²) in [6, 6.07) is 31.0. The van der Waals surface area contributed by atoms with E-state index in [1.165, 1.54) is 0 Å². The SMILES string of the molecule is N#CC1CN(C(=O)c2cccc(C(S/C=C\c3cncs3)(c3ccccc3)c3ccccc3)c2)C1. The molecule has 0 bridgehead atoms. The Morgan fingerprint density at radius 2 is 1.66 bits per heavy atom. The number of rotatable bonds is 7. The van der Waals surface area contributed by atoms with Gasteiger partial charge in [-0.05, 0) is 40.3 Å². The minimum Gasteiger partial charge on any atom is -0.336 e. The van der Waals surface area contributed by atoms with Crippen LogP contribution in [0.15, 0.2) is 102 Å². The van der Waals surface area contributed by atoms with Crippen LogP contribution in [0.4, 0.5) is 0 Å². The van der Waals surface area contributed by atoms with Crippen molar-refractivity contribution in [2.45, 2.75) is 4.75 Å². The normalized spacial score (nSPS) is 14.0. The Kier molecular flexibility index (Phi) is 6.80. The molecule has 0 unspecified atom stereocenters. The third-order valence-electron chi connectivity index (χ3n) is 6.16. The molecule has 0 aliphatic carbocycles. The summed E-state index contributed by atoms with van der Waals surface area (Å²) in [6.45, 7) is 0.989. The van der Waals surface area contributed by atoms with Gasteiger partial charge in [0.15, 0.2) is 0 Å². The number of thioether (sulfide) groups is 1. The van der Waals surface area contributed by atoms with Crippen LogP contribution in [-0.2, 0) is 4.75 Å². The van der Waals surface area contributed by atoms with Gasteiger partial charge in [0, 0.05) is 29.7 Å². The molecule has 4 nitrogen and oxygen atoms in total. The molecule has 0 atom stereocenters. The lowest BCUT2D eigenvalue weighted by Gasteiger charge is -2.36. The molecule has 1 fully saturated rings. The highest BCUT2D eigenvalue weighted by Gasteiger charge is 2.37. The van der Waals surface area contributed by atoms with Gasteiger partial charge >= 0.3 is 0 Å². The second kappa shape index (κ2) is 10.3. The third-order valence-corrected chi connectivity index (χ3v) is 8.23. The van der Waals surface area contributed by atoms with Crippen LogP contribution in [0.25, 0.3) is 6.08 Å². The maximum absolute atomic E-state index is 13.2. The topological polar surface area (TPSA) is 57.0 Å². The summed E-state index contributed by atoms with van der Waals surface area (Å²) in [6.07, 6.45) is 3.94. The molecule has 1 amide bonds. The van der Waals surface area contributed by atoms with Crippen LogP contribution < -0.4 is 0 Å². The van der Waals surface area contributed by atoms with Crippen molar-refractivity contribution in [2.75, 3.05) is 13.1 Å². The molecule has 0 radical (unpaired) electrons. The zero-order chi connectivity index (χ0) is 24.1. The van der Waals surface area contributed by atoms with E-state index in [0.29, 0.717) is 18.7 Å². The van der Waals surface area contributed by atoms with Gasteiger partial charge < -0.3 is 4.90 Å². The van der Waals surface area contributed by atoms with Crippen molar-refractivity contribution < 1.29 is 4.79 Å². The summed E-state index contributed by atoms with van der Waals surface area (Å²) < 4.78 is -0.565. The van der Waals surface area contributed by atoms with E-state index in [1.54, 1.807) is 28.0 Å². The van der Waals surface area contributed by atoms with E-state index in [1.807, 2.05) is 42.0 Å². The van der Waals surface area contributed by atoms with Crippen molar-refractivity contribution in [1.82, 2.24) is 9.88 Å². The molecule has 0 saturated carbocycles. The molecule has 6 heteroatoms. The van der Waals surface area contributed by atoms with Crippen molar-refractivity contribution in [3.63, 3.8) is 0 Å². The first-order valence-corrected chi connectivity index (χ1v) is 13.1. The van der Waals surface area contributed by atoms with E-state index >= 15 is 0 Å². The van der Waals surface area contributed by atoms with Crippen molar-refractivity contribution in [1.29, 1.82) is 5.26 Å². The molecule has 3 aromatic carbocycles. The number of hydrogen-bond acceptors (Lipinski definition) is 5. The molecule has 1 aliphatic rings. The Hall–Kier alpha value is -3.66. The van der Waals surface area contributed by atoms with Gasteiger partial charge in [-0.3, -0.25) is 9.78 Å². The summed E-state index contributed by atoms with van der Waals surface area (Å²) in [5, 5.41) is 11.2. The zero-order valence-corrected chi connectivity index (χ0v) is 20.6. The van der Waals surface area contributed by atoms with Crippen LogP contribution >= 0.6 is 23.1 Å². The van der Waals surface area contributed by atoms with E-state index in [2.05, 4.69) is 77.1 Å². The van der Waals surface area contributed by atoms with Crippen molar-refractivity contribution in [3.05, 3.63) is 129 Å². The second-order valence-corrected chi connectivity index (χ2v) is 10.4. The first kappa shape index (κ1) is 23.1. The highest BCUT2D eigenvalue weighted by molar-refractivity contribution is 8.03. The minimum atomic E-state index is -0.565. The van der Waals surface area contributed by atoms with Crippen molar-refractivity contribution in [3.8, 4) is 6.07 Å². The smallest absolute Gasteiger partial charge is 0.253 e. The molecule has 1 aliphatic heterocycles. The molecule has 2 heterocycles. The van der Waals surface area contributed by atoms with E-state index in [0.717, 1.165) is 21.6 Å². The summed E-state index contributed by atoms with van der Waals surface area (Å²) in [7, 11) is 0. The fraction of sp³-hybridized carbons (Fsp3) is 0.138. The Morgan fingerprint density at radius 3 is 2.26 bits per heavy atom. The highest BCUT2D eigenvalue weighted by atomic mass is 32.2. The number of thiazole rings is 1. The number of benzene rings is 3. The number of carbonyl (C=O) groups excluding carboxylic acids is 1. The van der Waals surface area contributed by atoms with Gasteiger partial charge in [-0.2, -0.15) is 5.26 Å². The van der Waals surface area contributed by atoms with Crippen LogP contribution in [0.1, 0.15) is 31.9 Å². The van der Waals surface area contributed by atoms with Gasteiger partial charge in [0.1, 0.15) is 0 Å². The van der Waals surface area contributed by atoms with Crippen molar-refractivity contribution in [2.24, 2.45) is 5.92 Å². The van der Waals surface area contributed by atoms with E-state index < -0.39 is 4.75 Å². The summed E-state index contributed by atoms with van der Waals surface area (Å²) >= 11 is 3.31. The quantitative estimate of drug-likeness (QED) is 0.278. The molecule has 5 rings (SSSR count). The van der Waals surface area contributed by atoms with Gasteiger partial charge in [0.25, 0.3) is 5.91 Å². The highest BCUT2D eigenvalue weighted by Crippen LogP contribution is 2.49. The zero-order valence-electron chi connectivity index (χ0n) is 19.0. The standard InChI is InChI=1S/C29H23N3OS2/c30-17-22-19-32(20-22)28(33)23-8-7-13-26(16-23)29(24-9-3-1-4-10-24,25-11-5-2-6-12-25)35-15-14-27-18-31-21-34-27/h1-16,18,21-22H,19-20H2/b15-14-. The van der Waals surface area contributed by atoms with Gasteiger partial charge in [0.2, 0.25) is 0 Å². The lowest BCUT2D eigenvalue weighted by atomic mass is 9.83. The van der Waals surface area contributed by atoms with E-state index in [9.17, 15) is 4.79 Å². The minimum absolute atomic E-state index is 0.0291. The average molecular weight is 494 g/mol. The van der Waals surface area contributed by atoms with E-state index in [4.69, 9.17) is 5.26 Å². The molecule has 1 saturated heterocycles. The number of hydrogen-bond donors (Lipinski definition) is 0. The summed E-state index contributed by atoms with van der Waals surface area (Å²) in [5.74, 6) is -0.0964. The lowest BCUT2D eigenvalue weighted by molar-refractivity contribution is 0.0577. The number of nitrogens with zero attached hydrogens (tertiary/aromatic N) is 3. The number of nitriles is 1. The van der Waals surface area contributed by atoms with Gasteiger partial charge in [0.05, 0.1) is 22.2 Å². The Labute approximate surface area is 213 Å². The summed E-state index contributed by atoms with van der Waals surface area (Å²) in [5.41, 5.74) is 5.75. The molecular weight excluding hydrogens is 470 g/mol.